The molecule has 3 fully saturated rings. The van der Waals surface area contributed by atoms with E-state index in [9.17, 15) is 35.7 Å². The van der Waals surface area contributed by atoms with Gasteiger partial charge in [0.1, 0.15) is 42.7 Å². The molecular weight excluding hydrogens is 444 g/mol. The van der Waals surface area contributed by atoms with E-state index in [-0.39, 0.29) is 0 Å². The average molecular weight is 483 g/mol. The monoisotopic (exact) mass is 482 g/mol. The predicted molar refractivity (Wildman–Crippen MR) is 110 cm³/mol. The molecule has 0 aliphatic carbocycles. The van der Waals surface area contributed by atoms with E-state index in [1.165, 1.54) is 0 Å². The lowest BCUT2D eigenvalue weighted by atomic mass is 9.89. The second-order valence-corrected chi connectivity index (χ2v) is 9.37. The van der Waals surface area contributed by atoms with Crippen molar-refractivity contribution in [3.8, 4) is 0 Å². The molecule has 3 aliphatic rings. The van der Waals surface area contributed by atoms with Crippen molar-refractivity contribution < 1.29 is 59.4 Å². The lowest BCUT2D eigenvalue weighted by molar-refractivity contribution is -0.360. The normalized spacial score (nSPS) is 53.7. The van der Waals surface area contributed by atoms with Crippen LogP contribution in [0.25, 0.3) is 0 Å². The Labute approximate surface area is 192 Å². The van der Waals surface area contributed by atoms with Gasteiger partial charge < -0.3 is 59.4 Å². The van der Waals surface area contributed by atoms with E-state index >= 15 is 0 Å². The van der Waals surface area contributed by atoms with Gasteiger partial charge >= 0.3 is 0 Å². The minimum absolute atomic E-state index is 0.480. The molecule has 3 rings (SSSR count). The fourth-order valence-electron chi connectivity index (χ4n) is 4.63. The van der Waals surface area contributed by atoms with Crippen LogP contribution in [0.5, 0.6) is 0 Å². The molecule has 3 heterocycles. The van der Waals surface area contributed by atoms with Crippen LogP contribution < -0.4 is 0 Å². The van der Waals surface area contributed by atoms with Crippen molar-refractivity contribution >= 4 is 0 Å². The van der Waals surface area contributed by atoms with Gasteiger partial charge in [0.25, 0.3) is 0 Å². The van der Waals surface area contributed by atoms with E-state index < -0.39 is 105 Å². The molecule has 0 radical (unpaired) electrons. The zero-order chi connectivity index (χ0) is 24.6. The van der Waals surface area contributed by atoms with E-state index in [1.54, 1.807) is 27.7 Å². The highest BCUT2D eigenvalue weighted by Crippen LogP contribution is 2.35. The van der Waals surface area contributed by atoms with Crippen molar-refractivity contribution in [1.82, 2.24) is 0 Å². The summed E-state index contributed by atoms with van der Waals surface area (Å²) in [5.41, 5.74) is 0. The van der Waals surface area contributed by atoms with Crippen LogP contribution in [-0.4, -0.2) is 129 Å². The van der Waals surface area contributed by atoms with Crippen LogP contribution in [0.4, 0.5) is 0 Å². The summed E-state index contributed by atoms with van der Waals surface area (Å²) in [5, 5.41) is 71.7. The molecule has 0 aromatic carbocycles. The van der Waals surface area contributed by atoms with Gasteiger partial charge in [-0.2, -0.15) is 0 Å². The Kier molecular flexibility index (Phi) is 9.09. The van der Waals surface area contributed by atoms with Crippen molar-refractivity contribution in [2.75, 3.05) is 13.2 Å². The Morgan fingerprint density at radius 3 is 1.73 bits per heavy atom. The third-order valence-electron chi connectivity index (χ3n) is 7.03. The highest BCUT2D eigenvalue weighted by Gasteiger charge is 2.51. The SMILES string of the molecule is CC1[C@H](O[C@@H]2C(O)[C@H](C)OC(CO)[C@@H]2O)OC(CO)[C@H](O[C@@H]2OC(C)[C@H](O)[C@H](C)C2O)[C@@H]1O. The molecule has 15 atom stereocenters. The average Bonchev–Trinajstić information content (AvgIpc) is 2.80. The van der Waals surface area contributed by atoms with E-state index in [0.717, 1.165) is 0 Å². The van der Waals surface area contributed by atoms with Crippen molar-refractivity contribution in [3.05, 3.63) is 0 Å². The summed E-state index contributed by atoms with van der Waals surface area (Å²) in [6.45, 7) is 5.44. The fraction of sp³-hybridized carbons (Fsp3) is 1.00. The van der Waals surface area contributed by atoms with Crippen LogP contribution in [0.15, 0.2) is 0 Å². The molecule has 0 amide bonds. The zero-order valence-corrected chi connectivity index (χ0v) is 19.2. The van der Waals surface area contributed by atoms with Crippen molar-refractivity contribution in [2.24, 2.45) is 11.8 Å². The maximum atomic E-state index is 10.9. The van der Waals surface area contributed by atoms with Crippen LogP contribution >= 0.6 is 0 Å². The first kappa shape index (κ1) is 27.1. The molecule has 6 unspecified atom stereocenters. The van der Waals surface area contributed by atoms with Gasteiger partial charge in [-0.3, -0.25) is 0 Å². The number of hydrogen-bond acceptors (Lipinski definition) is 12. The minimum atomic E-state index is -1.35. The van der Waals surface area contributed by atoms with Crippen LogP contribution in [0, 0.1) is 11.8 Å². The Bertz CT molecular complexity index is 622. The Hall–Kier alpha value is -0.480. The smallest absolute Gasteiger partial charge is 0.184 e. The lowest BCUT2D eigenvalue weighted by Gasteiger charge is -2.48. The topological polar surface area (TPSA) is 188 Å². The van der Waals surface area contributed by atoms with Crippen LogP contribution in [0.1, 0.15) is 27.7 Å². The van der Waals surface area contributed by atoms with Gasteiger partial charge in [-0.25, -0.2) is 0 Å². The highest BCUT2D eigenvalue weighted by molar-refractivity contribution is 4.95. The Morgan fingerprint density at radius 1 is 0.545 bits per heavy atom. The zero-order valence-electron chi connectivity index (χ0n) is 19.2. The van der Waals surface area contributed by atoms with Gasteiger partial charge in [0.05, 0.1) is 37.6 Å². The number of rotatable bonds is 6. The lowest BCUT2D eigenvalue weighted by Crippen LogP contribution is -2.63. The van der Waals surface area contributed by atoms with Crippen molar-refractivity contribution in [2.45, 2.75) is 107 Å². The van der Waals surface area contributed by atoms with Gasteiger partial charge in [0, 0.05) is 11.8 Å². The van der Waals surface area contributed by atoms with E-state index in [1.807, 2.05) is 0 Å². The second kappa shape index (κ2) is 11.1. The second-order valence-electron chi connectivity index (χ2n) is 9.37. The molecule has 7 N–H and O–H groups in total. The first-order valence-corrected chi connectivity index (χ1v) is 11.4. The Morgan fingerprint density at radius 2 is 1.12 bits per heavy atom. The Balaban J connectivity index is 1.71. The summed E-state index contributed by atoms with van der Waals surface area (Å²) >= 11 is 0. The third kappa shape index (κ3) is 5.37. The predicted octanol–water partition coefficient (Wildman–Crippen LogP) is -2.92. The molecule has 0 aromatic heterocycles. The van der Waals surface area contributed by atoms with E-state index in [2.05, 4.69) is 0 Å². The number of ether oxygens (including phenoxy) is 5. The quantitative estimate of drug-likeness (QED) is 0.205. The summed E-state index contributed by atoms with van der Waals surface area (Å²) in [6, 6.07) is 0. The summed E-state index contributed by atoms with van der Waals surface area (Å²) in [5.74, 6) is -1.27. The first-order chi connectivity index (χ1) is 15.5. The van der Waals surface area contributed by atoms with Gasteiger partial charge in [0.2, 0.25) is 0 Å². The van der Waals surface area contributed by atoms with Gasteiger partial charge in [-0.05, 0) is 13.8 Å². The highest BCUT2D eigenvalue weighted by atomic mass is 16.7. The van der Waals surface area contributed by atoms with Crippen LogP contribution in [0.3, 0.4) is 0 Å². The summed E-state index contributed by atoms with van der Waals surface area (Å²) in [6.07, 6.45) is -13.8. The molecule has 12 nitrogen and oxygen atoms in total. The number of hydrogen-bond donors (Lipinski definition) is 7. The molecule has 0 saturated carbocycles. The summed E-state index contributed by atoms with van der Waals surface area (Å²) < 4.78 is 28.4. The molecule has 0 bridgehead atoms. The fourth-order valence-corrected chi connectivity index (χ4v) is 4.63. The molecule has 0 spiro atoms. The number of aliphatic hydroxyl groups excluding tert-OH is 7. The minimum Gasteiger partial charge on any atom is -0.394 e. The summed E-state index contributed by atoms with van der Waals surface area (Å²) in [7, 11) is 0. The molecule has 3 saturated heterocycles. The van der Waals surface area contributed by atoms with Gasteiger partial charge in [-0.1, -0.05) is 13.8 Å². The maximum absolute atomic E-state index is 10.9. The van der Waals surface area contributed by atoms with E-state index in [4.69, 9.17) is 23.7 Å². The standard InChI is InChI=1S/C21H38O12/c1-7-13(24)9(3)30-21(15(7)26)32-18-12(6-23)31-20(8(2)14(18)25)33-19-16(27)10(4)29-11(5-22)17(19)28/h7-28H,5-6H2,1-4H3/t7-,8?,9?,10-,11?,12?,13+,14+,15?,16?,17-,18-,19+,20-,21-/m0/s1. The van der Waals surface area contributed by atoms with Crippen LogP contribution in [-0.2, 0) is 23.7 Å². The third-order valence-corrected chi connectivity index (χ3v) is 7.03. The van der Waals surface area contributed by atoms with E-state index in [0.29, 0.717) is 0 Å². The molecule has 33 heavy (non-hydrogen) atoms. The molecule has 12 heteroatoms. The van der Waals surface area contributed by atoms with Crippen molar-refractivity contribution in [3.63, 3.8) is 0 Å². The largest absolute Gasteiger partial charge is 0.394 e. The number of aliphatic hydroxyl groups is 7. The molecule has 0 aromatic rings. The maximum Gasteiger partial charge on any atom is 0.184 e. The van der Waals surface area contributed by atoms with Gasteiger partial charge in [0.15, 0.2) is 12.6 Å². The summed E-state index contributed by atoms with van der Waals surface area (Å²) in [4.78, 5) is 0. The first-order valence-electron chi connectivity index (χ1n) is 11.4. The van der Waals surface area contributed by atoms with Gasteiger partial charge in [-0.15, -0.1) is 0 Å². The molecule has 3 aliphatic heterocycles. The van der Waals surface area contributed by atoms with Crippen molar-refractivity contribution in [1.29, 1.82) is 0 Å². The van der Waals surface area contributed by atoms with Crippen LogP contribution in [0.2, 0.25) is 0 Å². The molecular formula is C21H38O12. The molecule has 194 valence electrons.